The first kappa shape index (κ1) is 21.6. The van der Waals surface area contributed by atoms with Gasteiger partial charge in [-0.3, -0.25) is 4.79 Å². The molecule has 0 bridgehead atoms. The predicted molar refractivity (Wildman–Crippen MR) is 113 cm³/mol. The minimum atomic E-state index is -0.441. The number of benzene rings is 1. The zero-order chi connectivity index (χ0) is 21.1. The van der Waals surface area contributed by atoms with Crippen LogP contribution in [-0.4, -0.2) is 55.2 Å². The van der Waals surface area contributed by atoms with Crippen molar-refractivity contribution in [1.82, 2.24) is 0 Å². The standard InChI is InChI=1S/C23H34N2O4/c1-5-25(13-9-7-8-10-14-25)23(11-12-23)22(27)24-20-17(3)15-18(28-4)16-19(20)21(26)29-6-2/h15-16H,5-14H2,1-4H3/p+1. The summed E-state index contributed by atoms with van der Waals surface area (Å²) in [6, 6.07) is 3.49. The Labute approximate surface area is 174 Å². The molecule has 6 heteroatoms. The van der Waals surface area contributed by atoms with E-state index in [-0.39, 0.29) is 18.1 Å². The fourth-order valence-electron chi connectivity index (χ4n) is 5.01. The summed E-state index contributed by atoms with van der Waals surface area (Å²) in [5.41, 5.74) is 1.34. The maximum Gasteiger partial charge on any atom is 0.340 e. The Morgan fingerprint density at radius 1 is 1.10 bits per heavy atom. The van der Waals surface area contributed by atoms with Crippen LogP contribution in [0.2, 0.25) is 0 Å². The van der Waals surface area contributed by atoms with E-state index in [1.165, 1.54) is 25.7 Å². The van der Waals surface area contributed by atoms with Crippen LogP contribution in [0.5, 0.6) is 5.75 Å². The van der Waals surface area contributed by atoms with Crippen LogP contribution in [0.3, 0.4) is 0 Å². The second-order valence-electron chi connectivity index (χ2n) is 8.40. The van der Waals surface area contributed by atoms with Crippen LogP contribution in [0.4, 0.5) is 5.69 Å². The van der Waals surface area contributed by atoms with E-state index < -0.39 is 5.97 Å². The number of nitrogens with zero attached hydrogens (tertiary/aromatic N) is 1. The Morgan fingerprint density at radius 3 is 2.28 bits per heavy atom. The minimum Gasteiger partial charge on any atom is -0.497 e. The van der Waals surface area contributed by atoms with Crippen LogP contribution in [0.25, 0.3) is 0 Å². The molecule has 6 nitrogen and oxygen atoms in total. The van der Waals surface area contributed by atoms with Crippen molar-refractivity contribution in [3.05, 3.63) is 23.3 Å². The van der Waals surface area contributed by atoms with Crippen LogP contribution >= 0.6 is 0 Å². The summed E-state index contributed by atoms with van der Waals surface area (Å²) >= 11 is 0. The lowest BCUT2D eigenvalue weighted by molar-refractivity contribution is -0.950. The van der Waals surface area contributed by atoms with E-state index in [1.807, 2.05) is 13.0 Å². The van der Waals surface area contributed by atoms with E-state index in [9.17, 15) is 9.59 Å². The van der Waals surface area contributed by atoms with E-state index in [0.717, 1.165) is 42.5 Å². The Bertz CT molecular complexity index is 762. The molecule has 0 unspecified atom stereocenters. The summed E-state index contributed by atoms with van der Waals surface area (Å²) in [6.45, 7) is 9.25. The van der Waals surface area contributed by atoms with Crippen molar-refractivity contribution in [2.75, 3.05) is 38.7 Å². The molecule has 1 aliphatic carbocycles. The first-order valence-corrected chi connectivity index (χ1v) is 11.0. The van der Waals surface area contributed by atoms with Crippen molar-refractivity contribution in [3.63, 3.8) is 0 Å². The monoisotopic (exact) mass is 403 g/mol. The lowest BCUT2D eigenvalue weighted by Gasteiger charge is -2.43. The average molecular weight is 404 g/mol. The lowest BCUT2D eigenvalue weighted by atomic mass is 10.0. The molecule has 1 saturated carbocycles. The maximum absolute atomic E-state index is 13.6. The Morgan fingerprint density at radius 2 is 1.76 bits per heavy atom. The number of likely N-dealkylation sites (N-methyl/N-ethyl adjacent to an activating group) is 1. The number of carbonyl (C=O) groups excluding carboxylic acids is 2. The van der Waals surface area contributed by atoms with E-state index in [2.05, 4.69) is 12.2 Å². The number of likely N-dealkylation sites (tertiary alicyclic amines) is 1. The first-order valence-electron chi connectivity index (χ1n) is 11.0. The van der Waals surface area contributed by atoms with Crippen LogP contribution in [-0.2, 0) is 9.53 Å². The quantitative estimate of drug-likeness (QED) is 0.551. The number of amides is 1. The summed E-state index contributed by atoms with van der Waals surface area (Å²) in [6.07, 6.45) is 6.69. The first-order chi connectivity index (χ1) is 13.9. The van der Waals surface area contributed by atoms with E-state index in [0.29, 0.717) is 17.0 Å². The Kier molecular flexibility index (Phi) is 6.52. The van der Waals surface area contributed by atoms with Crippen molar-refractivity contribution in [2.24, 2.45) is 0 Å². The van der Waals surface area contributed by atoms with Gasteiger partial charge in [-0.2, -0.15) is 0 Å². The second kappa shape index (κ2) is 8.74. The molecule has 0 aromatic heterocycles. The van der Waals surface area contributed by atoms with Gasteiger partial charge in [0.2, 0.25) is 0 Å². The number of anilines is 1. The Hall–Kier alpha value is -2.08. The van der Waals surface area contributed by atoms with Gasteiger partial charge in [0.15, 0.2) is 5.54 Å². The third kappa shape index (κ3) is 4.00. The van der Waals surface area contributed by atoms with Gasteiger partial charge in [0.05, 0.1) is 44.6 Å². The number of rotatable bonds is 7. The summed E-state index contributed by atoms with van der Waals surface area (Å²) in [7, 11) is 1.57. The van der Waals surface area contributed by atoms with E-state index in [4.69, 9.17) is 9.47 Å². The van der Waals surface area contributed by atoms with Crippen molar-refractivity contribution in [2.45, 2.75) is 64.8 Å². The van der Waals surface area contributed by atoms with Crippen molar-refractivity contribution in [3.8, 4) is 5.75 Å². The fraction of sp³-hybridized carbons (Fsp3) is 0.652. The van der Waals surface area contributed by atoms with Crippen LogP contribution in [0, 0.1) is 6.92 Å². The van der Waals surface area contributed by atoms with Gasteiger partial charge in [-0.1, -0.05) is 0 Å². The molecule has 1 aliphatic heterocycles. The second-order valence-corrected chi connectivity index (χ2v) is 8.40. The molecule has 1 amide bonds. The smallest absolute Gasteiger partial charge is 0.340 e. The van der Waals surface area contributed by atoms with Gasteiger partial charge in [0.1, 0.15) is 5.75 Å². The van der Waals surface area contributed by atoms with Gasteiger partial charge in [-0.25, -0.2) is 4.79 Å². The highest BCUT2D eigenvalue weighted by atomic mass is 16.5. The number of nitrogens with one attached hydrogen (secondary N) is 1. The van der Waals surface area contributed by atoms with Gasteiger partial charge < -0.3 is 19.3 Å². The number of carbonyl (C=O) groups is 2. The number of esters is 1. The molecule has 29 heavy (non-hydrogen) atoms. The summed E-state index contributed by atoms with van der Waals surface area (Å²) in [5, 5.41) is 3.14. The number of aryl methyl sites for hydroxylation is 1. The average Bonchev–Trinajstić information content (AvgIpc) is 3.54. The molecule has 1 N–H and O–H groups in total. The van der Waals surface area contributed by atoms with Gasteiger partial charge in [0.25, 0.3) is 5.91 Å². The summed E-state index contributed by atoms with van der Waals surface area (Å²) < 4.78 is 11.4. The van der Waals surface area contributed by atoms with Gasteiger partial charge in [-0.15, -0.1) is 0 Å². The molecule has 2 fully saturated rings. The zero-order valence-corrected chi connectivity index (χ0v) is 18.3. The highest BCUT2D eigenvalue weighted by Gasteiger charge is 2.65. The number of ether oxygens (including phenoxy) is 2. The highest BCUT2D eigenvalue weighted by Crippen LogP contribution is 2.49. The van der Waals surface area contributed by atoms with Crippen molar-refractivity contribution < 1.29 is 23.5 Å². The largest absolute Gasteiger partial charge is 0.497 e. The predicted octanol–water partition coefficient (Wildman–Crippen LogP) is 4.06. The molecular formula is C23H35N2O4+. The molecule has 160 valence electrons. The molecule has 1 aromatic carbocycles. The van der Waals surface area contributed by atoms with Crippen LogP contribution in [0.15, 0.2) is 12.1 Å². The fourth-order valence-corrected chi connectivity index (χ4v) is 5.01. The number of quaternary nitrogens is 1. The van der Waals surface area contributed by atoms with Crippen LogP contribution < -0.4 is 10.1 Å². The molecule has 0 atom stereocenters. The minimum absolute atomic E-state index is 0.0417. The van der Waals surface area contributed by atoms with E-state index in [1.54, 1.807) is 20.1 Å². The lowest BCUT2D eigenvalue weighted by Crippen LogP contribution is -2.62. The van der Waals surface area contributed by atoms with Gasteiger partial charge >= 0.3 is 5.97 Å². The number of hydrogen-bond donors (Lipinski definition) is 1. The van der Waals surface area contributed by atoms with Gasteiger partial charge in [-0.05, 0) is 64.2 Å². The summed E-state index contributed by atoms with van der Waals surface area (Å²) in [5.74, 6) is 0.179. The van der Waals surface area contributed by atoms with Crippen molar-refractivity contribution >= 4 is 17.6 Å². The maximum atomic E-state index is 13.6. The molecule has 1 saturated heterocycles. The van der Waals surface area contributed by atoms with Crippen LogP contribution in [0.1, 0.15) is 68.3 Å². The molecule has 3 rings (SSSR count). The molecule has 0 spiro atoms. The summed E-state index contributed by atoms with van der Waals surface area (Å²) in [4.78, 5) is 26.2. The Balaban J connectivity index is 1.93. The molecule has 2 aliphatic rings. The molecular weight excluding hydrogens is 368 g/mol. The molecule has 1 heterocycles. The van der Waals surface area contributed by atoms with Crippen molar-refractivity contribution in [1.29, 1.82) is 0 Å². The SMILES string of the molecule is CCOC(=O)c1cc(OC)cc(C)c1NC(=O)C1([N+]2(CC)CCCCCC2)CC1. The number of hydrogen-bond acceptors (Lipinski definition) is 4. The molecule has 0 radical (unpaired) electrons. The third-order valence-electron chi connectivity index (χ3n) is 6.86. The number of methoxy groups -OCH3 is 1. The molecule has 1 aromatic rings. The normalized spacial score (nSPS) is 19.7. The third-order valence-corrected chi connectivity index (χ3v) is 6.86. The highest BCUT2D eigenvalue weighted by molar-refractivity contribution is 6.06. The van der Waals surface area contributed by atoms with E-state index >= 15 is 0 Å². The van der Waals surface area contributed by atoms with Gasteiger partial charge in [0, 0.05) is 12.8 Å². The topological polar surface area (TPSA) is 64.6 Å². The zero-order valence-electron chi connectivity index (χ0n) is 18.3.